The van der Waals surface area contributed by atoms with Crippen molar-refractivity contribution in [2.75, 3.05) is 6.54 Å². The number of carbonyl (C=O) groups is 2. The Hall–Kier alpha value is -4.79. The molecule has 0 aliphatic carbocycles. The van der Waals surface area contributed by atoms with Crippen LogP contribution in [0.2, 0.25) is 0 Å². The number of imide groups is 1. The Bertz CT molecular complexity index is 1680. The van der Waals surface area contributed by atoms with E-state index in [2.05, 4.69) is 5.10 Å². The zero-order chi connectivity index (χ0) is 25.4. The van der Waals surface area contributed by atoms with Gasteiger partial charge in [-0.1, -0.05) is 24.3 Å². The van der Waals surface area contributed by atoms with Crippen molar-refractivity contribution in [1.82, 2.24) is 24.2 Å². The van der Waals surface area contributed by atoms with Gasteiger partial charge in [-0.15, -0.1) is 0 Å². The first kappa shape index (κ1) is 23.0. The van der Waals surface area contributed by atoms with E-state index in [0.29, 0.717) is 34.4 Å². The fourth-order valence-electron chi connectivity index (χ4n) is 4.38. The number of nitrogens with zero attached hydrogens (tertiary/aromatic N) is 5. The van der Waals surface area contributed by atoms with Gasteiger partial charge >= 0.3 is 0 Å². The van der Waals surface area contributed by atoms with Gasteiger partial charge < -0.3 is 5.11 Å². The molecule has 0 aliphatic rings. The summed E-state index contributed by atoms with van der Waals surface area (Å²) >= 11 is 0. The van der Waals surface area contributed by atoms with E-state index < -0.39 is 5.91 Å². The van der Waals surface area contributed by atoms with E-state index in [4.69, 9.17) is 4.98 Å². The van der Waals surface area contributed by atoms with Crippen molar-refractivity contribution in [1.29, 1.82) is 0 Å². The summed E-state index contributed by atoms with van der Waals surface area (Å²) in [6.45, 7) is 1.65. The second-order valence-electron chi connectivity index (χ2n) is 8.52. The smallest absolute Gasteiger partial charge is 0.265 e. The number of carbonyl (C=O) groups excluding carboxylic acids is 2. The van der Waals surface area contributed by atoms with Gasteiger partial charge in [0.15, 0.2) is 0 Å². The lowest BCUT2D eigenvalue weighted by Gasteiger charge is -2.19. The molecule has 9 nitrogen and oxygen atoms in total. The van der Waals surface area contributed by atoms with Crippen molar-refractivity contribution in [3.63, 3.8) is 0 Å². The van der Waals surface area contributed by atoms with Crippen LogP contribution in [0.4, 0.5) is 0 Å². The lowest BCUT2D eigenvalue weighted by Crippen LogP contribution is -2.34. The van der Waals surface area contributed by atoms with Gasteiger partial charge in [0, 0.05) is 25.4 Å². The molecular formula is C27H23N5O4. The second kappa shape index (κ2) is 9.10. The first-order chi connectivity index (χ1) is 17.4. The number of aryl methyl sites for hydroxylation is 2. The summed E-state index contributed by atoms with van der Waals surface area (Å²) in [6.07, 6.45) is 2.30. The second-order valence-corrected chi connectivity index (χ2v) is 8.52. The number of fused-ring (bicyclic) bond motifs is 2. The fraction of sp³-hybridized carbons (Fsp3) is 0.148. The van der Waals surface area contributed by atoms with E-state index in [1.807, 2.05) is 25.2 Å². The van der Waals surface area contributed by atoms with Crippen molar-refractivity contribution in [3.05, 3.63) is 94.2 Å². The number of aromatic hydroxyl groups is 1. The summed E-state index contributed by atoms with van der Waals surface area (Å²) in [5, 5.41) is 15.9. The molecule has 0 radical (unpaired) electrons. The van der Waals surface area contributed by atoms with Crippen LogP contribution in [0.3, 0.4) is 0 Å². The van der Waals surface area contributed by atoms with Gasteiger partial charge in [0.2, 0.25) is 6.41 Å². The SMILES string of the molecule is Cc1cccc(O)c1C(=O)N(C=O)CCc1nc2ccccc2c(=O)n1-c1ccc2cnn(C)c2c1. The molecular weight excluding hydrogens is 458 g/mol. The van der Waals surface area contributed by atoms with Crippen molar-refractivity contribution in [2.24, 2.45) is 7.05 Å². The quantitative estimate of drug-likeness (QED) is 0.373. The van der Waals surface area contributed by atoms with Crippen molar-refractivity contribution >= 4 is 34.1 Å². The summed E-state index contributed by atoms with van der Waals surface area (Å²) in [6, 6.07) is 17.3. The maximum absolute atomic E-state index is 13.6. The molecule has 2 aromatic heterocycles. The first-order valence-electron chi connectivity index (χ1n) is 11.4. The Morgan fingerprint density at radius 3 is 2.69 bits per heavy atom. The van der Waals surface area contributed by atoms with Gasteiger partial charge in [-0.3, -0.25) is 28.5 Å². The maximum atomic E-state index is 13.6. The first-order valence-corrected chi connectivity index (χ1v) is 11.4. The number of hydrogen-bond donors (Lipinski definition) is 1. The normalized spacial score (nSPS) is 11.2. The number of amides is 2. The van der Waals surface area contributed by atoms with Crippen LogP contribution in [0.15, 0.2) is 71.7 Å². The topological polar surface area (TPSA) is 110 Å². The Morgan fingerprint density at radius 1 is 1.11 bits per heavy atom. The molecule has 2 heterocycles. The van der Waals surface area contributed by atoms with Gasteiger partial charge in [0.05, 0.1) is 33.9 Å². The van der Waals surface area contributed by atoms with E-state index in [0.717, 1.165) is 15.8 Å². The molecule has 0 spiro atoms. The molecule has 0 fully saturated rings. The van der Waals surface area contributed by atoms with E-state index in [1.54, 1.807) is 54.2 Å². The average Bonchev–Trinajstić information content (AvgIpc) is 3.24. The predicted molar refractivity (Wildman–Crippen MR) is 135 cm³/mol. The number of benzene rings is 3. The Balaban J connectivity index is 1.58. The highest BCUT2D eigenvalue weighted by Crippen LogP contribution is 2.23. The number of aromatic nitrogens is 4. The minimum absolute atomic E-state index is 0.0329. The molecule has 1 N–H and O–H groups in total. The number of phenolic OH excluding ortho intramolecular Hbond substituents is 1. The van der Waals surface area contributed by atoms with Gasteiger partial charge in [0.25, 0.3) is 11.5 Å². The van der Waals surface area contributed by atoms with E-state index in [1.165, 1.54) is 10.6 Å². The van der Waals surface area contributed by atoms with Crippen LogP contribution in [-0.2, 0) is 18.3 Å². The van der Waals surface area contributed by atoms with Crippen LogP contribution in [0.5, 0.6) is 5.75 Å². The lowest BCUT2D eigenvalue weighted by molar-refractivity contribution is -0.116. The fourth-order valence-corrected chi connectivity index (χ4v) is 4.38. The van der Waals surface area contributed by atoms with E-state index in [-0.39, 0.29) is 29.8 Å². The van der Waals surface area contributed by atoms with Crippen LogP contribution < -0.4 is 5.56 Å². The van der Waals surface area contributed by atoms with Crippen LogP contribution in [0.1, 0.15) is 21.7 Å². The molecule has 36 heavy (non-hydrogen) atoms. The third kappa shape index (κ3) is 3.90. The monoisotopic (exact) mass is 481 g/mol. The Kier molecular flexibility index (Phi) is 5.81. The highest BCUT2D eigenvalue weighted by molar-refractivity contribution is 6.03. The summed E-state index contributed by atoms with van der Waals surface area (Å²) < 4.78 is 3.23. The zero-order valence-electron chi connectivity index (χ0n) is 19.8. The predicted octanol–water partition coefficient (Wildman–Crippen LogP) is 3.13. The lowest BCUT2D eigenvalue weighted by atomic mass is 10.1. The molecule has 2 amide bonds. The van der Waals surface area contributed by atoms with Gasteiger partial charge in [-0.25, -0.2) is 4.98 Å². The van der Waals surface area contributed by atoms with Crippen molar-refractivity contribution in [3.8, 4) is 11.4 Å². The highest BCUT2D eigenvalue weighted by atomic mass is 16.3. The minimum Gasteiger partial charge on any atom is -0.507 e. The third-order valence-electron chi connectivity index (χ3n) is 6.27. The largest absolute Gasteiger partial charge is 0.507 e. The van der Waals surface area contributed by atoms with Crippen molar-refractivity contribution in [2.45, 2.75) is 13.3 Å². The minimum atomic E-state index is -0.619. The number of para-hydroxylation sites is 1. The zero-order valence-corrected chi connectivity index (χ0v) is 19.8. The number of rotatable bonds is 6. The Labute approximate surface area is 205 Å². The summed E-state index contributed by atoms with van der Waals surface area (Å²) in [5.41, 5.74) is 2.34. The van der Waals surface area contributed by atoms with Crippen LogP contribution in [-0.4, -0.2) is 48.2 Å². The van der Waals surface area contributed by atoms with Crippen LogP contribution >= 0.6 is 0 Å². The standard InChI is InChI=1S/C27H23N5O4/c1-17-6-5-9-23(34)25(17)27(36)31(16-33)13-12-24-29-21-8-4-3-7-20(21)26(35)32(24)19-11-10-18-15-28-30(2)22(18)14-19/h3-11,14-16,34H,12-13H2,1-2H3. The van der Waals surface area contributed by atoms with Crippen LogP contribution in [0.25, 0.3) is 27.5 Å². The molecule has 180 valence electrons. The van der Waals surface area contributed by atoms with Crippen LogP contribution in [0, 0.1) is 6.92 Å². The molecule has 0 atom stereocenters. The van der Waals surface area contributed by atoms with Gasteiger partial charge in [-0.2, -0.15) is 5.10 Å². The number of phenols is 1. The molecule has 5 rings (SSSR count). The van der Waals surface area contributed by atoms with Crippen molar-refractivity contribution < 1.29 is 14.7 Å². The van der Waals surface area contributed by atoms with Gasteiger partial charge in [-0.05, 0) is 48.9 Å². The summed E-state index contributed by atoms with van der Waals surface area (Å²) in [7, 11) is 1.82. The third-order valence-corrected chi connectivity index (χ3v) is 6.27. The number of hydrogen-bond acceptors (Lipinski definition) is 6. The average molecular weight is 482 g/mol. The van der Waals surface area contributed by atoms with E-state index >= 15 is 0 Å². The molecule has 0 bridgehead atoms. The highest BCUT2D eigenvalue weighted by Gasteiger charge is 2.22. The molecule has 0 unspecified atom stereocenters. The molecule has 0 aliphatic heterocycles. The molecule has 9 heteroatoms. The molecule has 0 saturated heterocycles. The summed E-state index contributed by atoms with van der Waals surface area (Å²) in [5.74, 6) is -0.419. The Morgan fingerprint density at radius 2 is 1.92 bits per heavy atom. The van der Waals surface area contributed by atoms with E-state index in [9.17, 15) is 19.5 Å². The molecule has 0 saturated carbocycles. The van der Waals surface area contributed by atoms with Gasteiger partial charge in [0.1, 0.15) is 11.6 Å². The maximum Gasteiger partial charge on any atom is 0.265 e. The summed E-state index contributed by atoms with van der Waals surface area (Å²) in [4.78, 5) is 44.2. The molecule has 3 aromatic carbocycles. The molecule has 5 aromatic rings.